The average Bonchev–Trinajstić information content (AvgIpc) is 2.77. The molecule has 0 bridgehead atoms. The molecule has 0 radical (unpaired) electrons. The number of hydrogen-bond donors (Lipinski definition) is 2. The lowest BCUT2D eigenvalue weighted by molar-refractivity contribution is -0.113. The van der Waals surface area contributed by atoms with E-state index >= 15 is 0 Å². The van der Waals surface area contributed by atoms with Gasteiger partial charge in [0.2, 0.25) is 5.91 Å². The number of urea groups is 1. The molecule has 0 aromatic heterocycles. The molecule has 1 aromatic rings. The molecule has 2 rings (SSSR count). The molecule has 0 saturated carbocycles. The van der Waals surface area contributed by atoms with Gasteiger partial charge in [-0.3, -0.25) is 4.79 Å². The van der Waals surface area contributed by atoms with Gasteiger partial charge in [-0.25, -0.2) is 4.79 Å². The third-order valence-electron chi connectivity index (χ3n) is 2.72. The molecule has 18 heavy (non-hydrogen) atoms. The first-order valence-electron chi connectivity index (χ1n) is 5.67. The van der Waals surface area contributed by atoms with Gasteiger partial charge in [0.25, 0.3) is 0 Å². The second kappa shape index (κ2) is 5.73. The number of anilines is 1. The molecule has 5 nitrogen and oxygen atoms in total. The third kappa shape index (κ3) is 2.92. The van der Waals surface area contributed by atoms with Crippen LogP contribution >= 0.6 is 11.6 Å². The Balaban J connectivity index is 2.11. The van der Waals surface area contributed by atoms with E-state index in [1.807, 2.05) is 18.2 Å². The summed E-state index contributed by atoms with van der Waals surface area (Å²) in [5.41, 5.74) is 1.59. The summed E-state index contributed by atoms with van der Waals surface area (Å²) < 4.78 is 0. The van der Waals surface area contributed by atoms with Crippen LogP contribution < -0.4 is 10.6 Å². The molecule has 0 unspecified atom stereocenters. The highest BCUT2D eigenvalue weighted by molar-refractivity contribution is 6.29. The molecule has 0 spiro atoms. The highest BCUT2D eigenvalue weighted by atomic mass is 35.5. The monoisotopic (exact) mass is 267 g/mol. The van der Waals surface area contributed by atoms with Crippen molar-refractivity contribution in [2.24, 2.45) is 0 Å². The molecule has 0 atom stereocenters. The number of carbonyl (C=O) groups is 2. The molecule has 0 aliphatic carbocycles. The van der Waals surface area contributed by atoms with E-state index in [1.165, 1.54) is 0 Å². The first kappa shape index (κ1) is 12.7. The van der Waals surface area contributed by atoms with E-state index in [0.29, 0.717) is 25.3 Å². The van der Waals surface area contributed by atoms with Gasteiger partial charge in [0, 0.05) is 25.3 Å². The zero-order chi connectivity index (χ0) is 13.0. The number of nitrogens with zero attached hydrogens (tertiary/aromatic N) is 1. The molecule has 1 fully saturated rings. The molecular weight excluding hydrogens is 254 g/mol. The number of carbonyl (C=O) groups excluding carboxylic acids is 2. The summed E-state index contributed by atoms with van der Waals surface area (Å²) in [6.45, 7) is 1.82. The first-order chi connectivity index (χ1) is 8.70. The van der Waals surface area contributed by atoms with Crippen LogP contribution in [0.5, 0.6) is 0 Å². The Morgan fingerprint density at radius 1 is 1.44 bits per heavy atom. The third-order valence-corrected chi connectivity index (χ3v) is 2.96. The molecule has 2 N–H and O–H groups in total. The number of alkyl halides is 1. The molecule has 1 saturated heterocycles. The van der Waals surface area contributed by atoms with E-state index in [-0.39, 0.29) is 17.8 Å². The van der Waals surface area contributed by atoms with Gasteiger partial charge in [-0.05, 0) is 11.6 Å². The van der Waals surface area contributed by atoms with Gasteiger partial charge in [0.1, 0.15) is 5.88 Å². The largest absolute Gasteiger partial charge is 0.336 e. The van der Waals surface area contributed by atoms with E-state index in [2.05, 4.69) is 10.6 Å². The number of halogens is 1. The van der Waals surface area contributed by atoms with Gasteiger partial charge in [0.15, 0.2) is 0 Å². The number of rotatable bonds is 4. The van der Waals surface area contributed by atoms with Crippen LogP contribution in [0.4, 0.5) is 10.5 Å². The number of benzene rings is 1. The van der Waals surface area contributed by atoms with Crippen LogP contribution in [0.2, 0.25) is 0 Å². The van der Waals surface area contributed by atoms with Crippen molar-refractivity contribution in [3.05, 3.63) is 29.8 Å². The van der Waals surface area contributed by atoms with Gasteiger partial charge in [-0.1, -0.05) is 18.2 Å². The Labute approximate surface area is 110 Å². The van der Waals surface area contributed by atoms with Crippen molar-refractivity contribution in [2.45, 2.75) is 6.54 Å². The Hall–Kier alpha value is -1.75. The summed E-state index contributed by atoms with van der Waals surface area (Å²) in [6.07, 6.45) is 0. The van der Waals surface area contributed by atoms with Crippen LogP contribution in [-0.2, 0) is 11.3 Å². The lowest BCUT2D eigenvalue weighted by Crippen LogP contribution is -2.28. The molecule has 1 aliphatic rings. The Morgan fingerprint density at radius 2 is 2.22 bits per heavy atom. The fraction of sp³-hybridized carbons (Fsp3) is 0.333. The number of amides is 3. The summed E-state index contributed by atoms with van der Waals surface area (Å²) in [5, 5.41) is 5.46. The van der Waals surface area contributed by atoms with Crippen molar-refractivity contribution in [3.8, 4) is 0 Å². The van der Waals surface area contributed by atoms with Crippen LogP contribution in [0.3, 0.4) is 0 Å². The second-order valence-corrected chi connectivity index (χ2v) is 4.26. The fourth-order valence-electron chi connectivity index (χ4n) is 1.83. The summed E-state index contributed by atoms with van der Waals surface area (Å²) in [6, 6.07) is 7.31. The van der Waals surface area contributed by atoms with E-state index in [4.69, 9.17) is 11.6 Å². The standard InChI is InChI=1S/C12H14ClN3O2/c13-7-11(17)15-10-4-2-1-3-9(10)8-16-6-5-14-12(16)18/h1-4H,5-8H2,(H,14,18)(H,15,17). The van der Waals surface area contributed by atoms with E-state index in [0.717, 1.165) is 5.56 Å². The number of nitrogens with one attached hydrogen (secondary N) is 2. The Morgan fingerprint density at radius 3 is 2.89 bits per heavy atom. The lowest BCUT2D eigenvalue weighted by Gasteiger charge is -2.17. The zero-order valence-corrected chi connectivity index (χ0v) is 10.5. The van der Waals surface area contributed by atoms with Crippen LogP contribution in [0, 0.1) is 0 Å². The van der Waals surface area contributed by atoms with Crippen molar-refractivity contribution in [1.29, 1.82) is 0 Å². The quantitative estimate of drug-likeness (QED) is 0.810. The topological polar surface area (TPSA) is 61.4 Å². The van der Waals surface area contributed by atoms with Crippen molar-refractivity contribution in [2.75, 3.05) is 24.3 Å². The highest BCUT2D eigenvalue weighted by Gasteiger charge is 2.20. The molecule has 6 heteroatoms. The van der Waals surface area contributed by atoms with Crippen molar-refractivity contribution in [3.63, 3.8) is 0 Å². The minimum Gasteiger partial charge on any atom is -0.336 e. The highest BCUT2D eigenvalue weighted by Crippen LogP contribution is 2.18. The van der Waals surface area contributed by atoms with E-state index < -0.39 is 0 Å². The minimum absolute atomic E-state index is 0.0755. The van der Waals surface area contributed by atoms with Crippen LogP contribution in [0.25, 0.3) is 0 Å². The lowest BCUT2D eigenvalue weighted by atomic mass is 10.1. The molecule has 96 valence electrons. The molecule has 1 aliphatic heterocycles. The van der Waals surface area contributed by atoms with Crippen molar-refractivity contribution in [1.82, 2.24) is 10.2 Å². The van der Waals surface area contributed by atoms with E-state index in [1.54, 1.807) is 11.0 Å². The zero-order valence-electron chi connectivity index (χ0n) is 9.78. The maximum Gasteiger partial charge on any atom is 0.317 e. The van der Waals surface area contributed by atoms with Crippen LogP contribution in [0.1, 0.15) is 5.56 Å². The maximum atomic E-state index is 11.5. The first-order valence-corrected chi connectivity index (χ1v) is 6.20. The second-order valence-electron chi connectivity index (χ2n) is 3.99. The molecule has 3 amide bonds. The van der Waals surface area contributed by atoms with Crippen LogP contribution in [-0.4, -0.2) is 35.8 Å². The Bertz CT molecular complexity index is 464. The van der Waals surface area contributed by atoms with Gasteiger partial charge in [-0.2, -0.15) is 0 Å². The predicted octanol–water partition coefficient (Wildman–Crippen LogP) is 1.39. The number of para-hydroxylation sites is 1. The van der Waals surface area contributed by atoms with Gasteiger partial charge >= 0.3 is 6.03 Å². The minimum atomic E-state index is -0.255. The molecule has 1 aromatic carbocycles. The molecular formula is C12H14ClN3O2. The molecule has 1 heterocycles. The SMILES string of the molecule is O=C(CCl)Nc1ccccc1CN1CCNC1=O. The average molecular weight is 268 g/mol. The van der Waals surface area contributed by atoms with Crippen molar-refractivity contribution >= 4 is 29.2 Å². The summed E-state index contributed by atoms with van der Waals surface area (Å²) in [7, 11) is 0. The summed E-state index contributed by atoms with van der Waals surface area (Å²) >= 11 is 5.46. The Kier molecular flexibility index (Phi) is 4.04. The fourth-order valence-corrected chi connectivity index (χ4v) is 1.90. The summed E-state index contributed by atoms with van der Waals surface area (Å²) in [4.78, 5) is 24.5. The van der Waals surface area contributed by atoms with E-state index in [9.17, 15) is 9.59 Å². The van der Waals surface area contributed by atoms with Gasteiger partial charge in [-0.15, -0.1) is 11.6 Å². The normalized spacial score (nSPS) is 14.5. The maximum absolute atomic E-state index is 11.5. The van der Waals surface area contributed by atoms with Crippen molar-refractivity contribution < 1.29 is 9.59 Å². The number of hydrogen-bond acceptors (Lipinski definition) is 2. The van der Waals surface area contributed by atoms with Crippen LogP contribution in [0.15, 0.2) is 24.3 Å². The smallest absolute Gasteiger partial charge is 0.317 e. The summed E-state index contributed by atoms with van der Waals surface area (Å²) in [5.74, 6) is -0.339. The predicted molar refractivity (Wildman–Crippen MR) is 69.6 cm³/mol. The van der Waals surface area contributed by atoms with Gasteiger partial charge in [0.05, 0.1) is 0 Å². The van der Waals surface area contributed by atoms with Gasteiger partial charge < -0.3 is 15.5 Å².